The molecule has 1 aliphatic heterocycles. The van der Waals surface area contributed by atoms with Crippen LogP contribution in [0.15, 0.2) is 0 Å². The van der Waals surface area contributed by atoms with Gasteiger partial charge in [0.15, 0.2) is 0 Å². The largest absolute Gasteiger partial charge is 0.459 e. The van der Waals surface area contributed by atoms with E-state index in [9.17, 15) is 9.90 Å². The van der Waals surface area contributed by atoms with Crippen LogP contribution in [0, 0.1) is 17.8 Å². The van der Waals surface area contributed by atoms with Gasteiger partial charge in [-0.15, -0.1) is 0 Å². The lowest BCUT2D eigenvalue weighted by Gasteiger charge is -2.30. The van der Waals surface area contributed by atoms with Crippen LogP contribution in [-0.2, 0) is 9.53 Å². The molecule has 1 heterocycles. The smallest absolute Gasteiger partial charge is 0.309 e. The Bertz CT molecular complexity index is 233. The number of carbonyl (C=O) groups excluding carboxylic acids is 1. The molecule has 3 atom stereocenters. The second kappa shape index (κ2) is 4.52. The van der Waals surface area contributed by atoms with Crippen molar-refractivity contribution in [1.29, 1.82) is 0 Å². The summed E-state index contributed by atoms with van der Waals surface area (Å²) in [4.78, 5) is 11.5. The minimum absolute atomic E-state index is 0.0166. The molecule has 0 spiro atoms. The average Bonchev–Trinajstić information content (AvgIpc) is 2.56. The molecule has 2 fully saturated rings. The van der Waals surface area contributed by atoms with Gasteiger partial charge in [0.2, 0.25) is 0 Å². The molecule has 0 amide bonds. The first-order chi connectivity index (χ1) is 7.24. The summed E-state index contributed by atoms with van der Waals surface area (Å²) >= 11 is 0. The molecular formula is C12H20O3. The zero-order valence-corrected chi connectivity index (χ0v) is 9.32. The highest BCUT2D eigenvalue weighted by Crippen LogP contribution is 2.40. The second-order valence-corrected chi connectivity index (χ2v) is 4.92. The molecular weight excluding hydrogens is 192 g/mol. The Kier molecular flexibility index (Phi) is 3.29. The number of cyclic esters (lactones) is 1. The highest BCUT2D eigenvalue weighted by Gasteiger charge is 2.45. The zero-order chi connectivity index (χ0) is 10.8. The predicted octanol–water partition coefficient (Wildman–Crippen LogP) is 1.74. The normalized spacial score (nSPS) is 38.0. The van der Waals surface area contributed by atoms with E-state index in [0.717, 1.165) is 0 Å². The molecule has 1 aliphatic carbocycles. The van der Waals surface area contributed by atoms with Crippen LogP contribution in [0.1, 0.15) is 39.0 Å². The summed E-state index contributed by atoms with van der Waals surface area (Å²) in [6.07, 6.45) is 6.00. The Labute approximate surface area is 90.8 Å². The summed E-state index contributed by atoms with van der Waals surface area (Å²) in [5.74, 6) is 0.690. The molecule has 1 saturated carbocycles. The number of aliphatic hydroxyl groups excluding tert-OH is 1. The number of ether oxygens (including phenoxy) is 1. The first-order valence-corrected chi connectivity index (χ1v) is 6.05. The van der Waals surface area contributed by atoms with Gasteiger partial charge in [-0.3, -0.25) is 4.79 Å². The van der Waals surface area contributed by atoms with Gasteiger partial charge in [-0.25, -0.2) is 0 Å². The van der Waals surface area contributed by atoms with Gasteiger partial charge < -0.3 is 9.84 Å². The molecule has 0 unspecified atom stereocenters. The van der Waals surface area contributed by atoms with E-state index >= 15 is 0 Å². The number of hydrogen-bond acceptors (Lipinski definition) is 3. The fourth-order valence-corrected chi connectivity index (χ4v) is 3.20. The molecule has 0 aromatic heterocycles. The van der Waals surface area contributed by atoms with E-state index in [2.05, 4.69) is 0 Å². The molecule has 2 aliphatic rings. The van der Waals surface area contributed by atoms with E-state index in [-0.39, 0.29) is 30.5 Å². The topological polar surface area (TPSA) is 46.5 Å². The van der Waals surface area contributed by atoms with Crippen LogP contribution < -0.4 is 0 Å². The van der Waals surface area contributed by atoms with E-state index < -0.39 is 0 Å². The molecule has 15 heavy (non-hydrogen) atoms. The highest BCUT2D eigenvalue weighted by molar-refractivity contribution is 5.74. The van der Waals surface area contributed by atoms with Gasteiger partial charge in [-0.2, -0.15) is 0 Å². The van der Waals surface area contributed by atoms with Gasteiger partial charge in [0.1, 0.15) is 6.10 Å². The Morgan fingerprint density at radius 2 is 2.00 bits per heavy atom. The maximum Gasteiger partial charge on any atom is 0.309 e. The molecule has 1 N–H and O–H groups in total. The van der Waals surface area contributed by atoms with Crippen molar-refractivity contribution in [2.45, 2.75) is 45.1 Å². The third-order valence-corrected chi connectivity index (χ3v) is 4.02. The molecule has 86 valence electrons. The summed E-state index contributed by atoms with van der Waals surface area (Å²) in [5, 5.41) is 9.23. The van der Waals surface area contributed by atoms with Crippen LogP contribution in [-0.4, -0.2) is 23.8 Å². The lowest BCUT2D eigenvalue weighted by atomic mass is 9.73. The predicted molar refractivity (Wildman–Crippen MR) is 56.2 cm³/mol. The lowest BCUT2D eigenvalue weighted by Crippen LogP contribution is -2.31. The molecule has 2 rings (SSSR count). The van der Waals surface area contributed by atoms with Crippen molar-refractivity contribution in [3.05, 3.63) is 0 Å². The van der Waals surface area contributed by atoms with E-state index in [0.29, 0.717) is 5.92 Å². The molecule has 3 nitrogen and oxygen atoms in total. The molecule has 3 heteroatoms. The highest BCUT2D eigenvalue weighted by atomic mass is 16.6. The number of carbonyl (C=O) groups is 1. The molecule has 0 aromatic rings. The van der Waals surface area contributed by atoms with Crippen LogP contribution in [0.2, 0.25) is 0 Å². The van der Waals surface area contributed by atoms with Crippen molar-refractivity contribution in [2.75, 3.05) is 6.61 Å². The zero-order valence-electron chi connectivity index (χ0n) is 9.32. The summed E-state index contributed by atoms with van der Waals surface area (Å²) in [5.41, 5.74) is 0. The van der Waals surface area contributed by atoms with Gasteiger partial charge in [0.25, 0.3) is 0 Å². The van der Waals surface area contributed by atoms with Crippen molar-refractivity contribution in [1.82, 2.24) is 0 Å². The van der Waals surface area contributed by atoms with E-state index in [4.69, 9.17) is 4.74 Å². The van der Waals surface area contributed by atoms with Crippen LogP contribution in [0.3, 0.4) is 0 Å². The van der Waals surface area contributed by atoms with Crippen LogP contribution >= 0.6 is 0 Å². The number of rotatable bonds is 2. The van der Waals surface area contributed by atoms with Crippen molar-refractivity contribution >= 4 is 5.97 Å². The van der Waals surface area contributed by atoms with Crippen LogP contribution in [0.25, 0.3) is 0 Å². The first kappa shape index (κ1) is 10.9. The monoisotopic (exact) mass is 212 g/mol. The third kappa shape index (κ3) is 2.03. The first-order valence-electron chi connectivity index (χ1n) is 6.05. The van der Waals surface area contributed by atoms with Crippen molar-refractivity contribution in [3.8, 4) is 0 Å². The summed E-state index contributed by atoms with van der Waals surface area (Å²) < 4.78 is 5.20. The van der Waals surface area contributed by atoms with Gasteiger partial charge >= 0.3 is 5.97 Å². The van der Waals surface area contributed by atoms with Crippen molar-refractivity contribution in [3.63, 3.8) is 0 Å². The van der Waals surface area contributed by atoms with Crippen molar-refractivity contribution < 1.29 is 14.6 Å². The maximum absolute atomic E-state index is 11.5. The van der Waals surface area contributed by atoms with E-state index in [1.165, 1.54) is 32.1 Å². The molecule has 0 bridgehead atoms. The quantitative estimate of drug-likeness (QED) is 0.709. The Balaban J connectivity index is 2.06. The van der Waals surface area contributed by atoms with Gasteiger partial charge in [-0.05, 0) is 5.92 Å². The minimum Gasteiger partial charge on any atom is -0.459 e. The molecule has 1 saturated heterocycles. The Morgan fingerprint density at radius 1 is 1.33 bits per heavy atom. The number of esters is 1. The molecule has 0 radical (unpaired) electrons. The van der Waals surface area contributed by atoms with Crippen LogP contribution in [0.4, 0.5) is 0 Å². The average molecular weight is 212 g/mol. The summed E-state index contributed by atoms with van der Waals surface area (Å²) in [7, 11) is 0. The van der Waals surface area contributed by atoms with E-state index in [1.54, 1.807) is 0 Å². The van der Waals surface area contributed by atoms with E-state index in [1.807, 2.05) is 6.92 Å². The Morgan fingerprint density at radius 3 is 2.60 bits per heavy atom. The maximum atomic E-state index is 11.5. The minimum atomic E-state index is -0.240. The standard InChI is InChI=1S/C12H20O3/c1-8-11(9-5-3-2-4-6-9)10(7-13)15-12(8)14/h8-11,13H,2-7H2,1H3/t8-,10-,11-/m1/s1. The van der Waals surface area contributed by atoms with Crippen molar-refractivity contribution in [2.24, 2.45) is 17.8 Å². The lowest BCUT2D eigenvalue weighted by molar-refractivity contribution is -0.145. The van der Waals surface area contributed by atoms with Crippen LogP contribution in [0.5, 0.6) is 0 Å². The number of aliphatic hydroxyl groups is 1. The molecule has 0 aromatic carbocycles. The van der Waals surface area contributed by atoms with Gasteiger partial charge in [0, 0.05) is 5.92 Å². The fourth-order valence-electron chi connectivity index (χ4n) is 3.20. The second-order valence-electron chi connectivity index (χ2n) is 4.92. The van der Waals surface area contributed by atoms with Gasteiger partial charge in [-0.1, -0.05) is 39.0 Å². The summed E-state index contributed by atoms with van der Waals surface area (Å²) in [6, 6.07) is 0. The Hall–Kier alpha value is -0.570. The third-order valence-electron chi connectivity index (χ3n) is 4.02. The van der Waals surface area contributed by atoms with Gasteiger partial charge in [0.05, 0.1) is 12.5 Å². The number of hydrogen-bond donors (Lipinski definition) is 1. The SMILES string of the molecule is C[C@H]1C(=O)O[C@H](CO)[C@H]1C1CCCCC1. The summed E-state index contributed by atoms with van der Waals surface area (Å²) in [6.45, 7) is 1.93. The fraction of sp³-hybridized carbons (Fsp3) is 0.917.